The van der Waals surface area contributed by atoms with Crippen LogP contribution >= 0.6 is 0 Å². The third-order valence-corrected chi connectivity index (χ3v) is 2.16. The minimum Gasteiger partial charge on any atom is -0.317 e. The third-order valence-electron chi connectivity index (χ3n) is 2.16. The summed E-state index contributed by atoms with van der Waals surface area (Å²) in [6.45, 7) is 4.39. The minimum atomic E-state index is 1.09. The molecule has 1 rings (SSSR count). The molecule has 1 aromatic carbocycles. The van der Waals surface area contributed by atoms with Gasteiger partial charge in [0.1, 0.15) is 0 Å². The van der Waals surface area contributed by atoms with Crippen molar-refractivity contribution in [3.05, 3.63) is 35.9 Å². The number of benzene rings is 1. The SMILES string of the molecule is CCNCCCCc1ccccc1. The van der Waals surface area contributed by atoms with E-state index in [0.29, 0.717) is 0 Å². The number of hydrogen-bond acceptors (Lipinski definition) is 1. The molecule has 0 unspecified atom stereocenters. The summed E-state index contributed by atoms with van der Waals surface area (Å²) in [4.78, 5) is 0. The minimum absolute atomic E-state index is 1.09. The van der Waals surface area contributed by atoms with Crippen LogP contribution in [-0.4, -0.2) is 13.1 Å². The van der Waals surface area contributed by atoms with Gasteiger partial charge in [0.05, 0.1) is 0 Å². The van der Waals surface area contributed by atoms with E-state index in [0.717, 1.165) is 13.1 Å². The van der Waals surface area contributed by atoms with E-state index in [1.807, 2.05) is 0 Å². The second-order valence-corrected chi connectivity index (χ2v) is 3.30. The lowest BCUT2D eigenvalue weighted by molar-refractivity contribution is 0.641. The first-order chi connectivity index (χ1) is 6.43. The molecular weight excluding hydrogens is 158 g/mol. The van der Waals surface area contributed by atoms with Crippen LogP contribution < -0.4 is 5.32 Å². The highest BCUT2D eigenvalue weighted by atomic mass is 14.8. The van der Waals surface area contributed by atoms with Crippen molar-refractivity contribution in [2.45, 2.75) is 26.2 Å². The van der Waals surface area contributed by atoms with E-state index in [9.17, 15) is 0 Å². The van der Waals surface area contributed by atoms with Gasteiger partial charge in [-0.2, -0.15) is 0 Å². The summed E-state index contributed by atoms with van der Waals surface area (Å²) in [6, 6.07) is 10.7. The fourth-order valence-corrected chi connectivity index (χ4v) is 1.40. The highest BCUT2D eigenvalue weighted by Gasteiger charge is 1.91. The van der Waals surface area contributed by atoms with Gasteiger partial charge in [0.15, 0.2) is 0 Å². The monoisotopic (exact) mass is 177 g/mol. The first-order valence-corrected chi connectivity index (χ1v) is 5.18. The summed E-state index contributed by atoms with van der Waals surface area (Å²) in [7, 11) is 0. The van der Waals surface area contributed by atoms with E-state index < -0.39 is 0 Å². The molecule has 0 saturated heterocycles. The van der Waals surface area contributed by atoms with Crippen molar-refractivity contribution in [2.75, 3.05) is 13.1 Å². The van der Waals surface area contributed by atoms with Crippen LogP contribution in [0.1, 0.15) is 25.3 Å². The van der Waals surface area contributed by atoms with Gasteiger partial charge in [-0.1, -0.05) is 37.3 Å². The fourth-order valence-electron chi connectivity index (χ4n) is 1.40. The lowest BCUT2D eigenvalue weighted by Gasteiger charge is -2.01. The zero-order valence-corrected chi connectivity index (χ0v) is 8.42. The van der Waals surface area contributed by atoms with Crippen LogP contribution in [-0.2, 0) is 6.42 Å². The lowest BCUT2D eigenvalue weighted by Crippen LogP contribution is -2.13. The van der Waals surface area contributed by atoms with Crippen molar-refractivity contribution in [1.82, 2.24) is 5.32 Å². The van der Waals surface area contributed by atoms with Crippen LogP contribution in [0.4, 0.5) is 0 Å². The van der Waals surface area contributed by atoms with Crippen molar-refractivity contribution in [2.24, 2.45) is 0 Å². The molecule has 0 atom stereocenters. The van der Waals surface area contributed by atoms with Crippen molar-refractivity contribution in [3.8, 4) is 0 Å². The summed E-state index contributed by atoms with van der Waals surface area (Å²) in [5.41, 5.74) is 1.46. The maximum atomic E-state index is 3.33. The predicted molar refractivity (Wildman–Crippen MR) is 57.9 cm³/mol. The molecule has 0 amide bonds. The zero-order chi connectivity index (χ0) is 9.36. The van der Waals surface area contributed by atoms with Gasteiger partial charge in [-0.05, 0) is 37.9 Å². The van der Waals surface area contributed by atoms with E-state index >= 15 is 0 Å². The lowest BCUT2D eigenvalue weighted by atomic mass is 10.1. The molecule has 1 aromatic rings. The van der Waals surface area contributed by atoms with E-state index in [1.54, 1.807) is 0 Å². The molecule has 0 bridgehead atoms. The summed E-state index contributed by atoms with van der Waals surface area (Å²) in [5.74, 6) is 0. The summed E-state index contributed by atoms with van der Waals surface area (Å²) < 4.78 is 0. The van der Waals surface area contributed by atoms with Crippen LogP contribution in [0.15, 0.2) is 30.3 Å². The Hall–Kier alpha value is -0.820. The van der Waals surface area contributed by atoms with Gasteiger partial charge in [0.25, 0.3) is 0 Å². The molecule has 0 saturated carbocycles. The topological polar surface area (TPSA) is 12.0 Å². The molecule has 0 heterocycles. The van der Waals surface area contributed by atoms with Gasteiger partial charge in [-0.3, -0.25) is 0 Å². The number of hydrogen-bond donors (Lipinski definition) is 1. The number of unbranched alkanes of at least 4 members (excludes halogenated alkanes) is 1. The molecule has 13 heavy (non-hydrogen) atoms. The molecule has 1 N–H and O–H groups in total. The van der Waals surface area contributed by atoms with Crippen LogP contribution in [0.2, 0.25) is 0 Å². The van der Waals surface area contributed by atoms with Gasteiger partial charge in [0, 0.05) is 0 Å². The Morgan fingerprint density at radius 2 is 1.85 bits per heavy atom. The Morgan fingerprint density at radius 1 is 1.08 bits per heavy atom. The van der Waals surface area contributed by atoms with Crippen molar-refractivity contribution < 1.29 is 0 Å². The quantitative estimate of drug-likeness (QED) is 0.659. The predicted octanol–water partition coefficient (Wildman–Crippen LogP) is 2.62. The van der Waals surface area contributed by atoms with Crippen molar-refractivity contribution >= 4 is 0 Å². The molecular formula is C12H19N. The zero-order valence-electron chi connectivity index (χ0n) is 8.42. The molecule has 0 aromatic heterocycles. The first-order valence-electron chi connectivity index (χ1n) is 5.18. The fraction of sp³-hybridized carbons (Fsp3) is 0.500. The van der Waals surface area contributed by atoms with E-state index in [4.69, 9.17) is 0 Å². The average molecular weight is 177 g/mol. The Bertz CT molecular complexity index is 206. The van der Waals surface area contributed by atoms with E-state index in [-0.39, 0.29) is 0 Å². The largest absolute Gasteiger partial charge is 0.317 e. The van der Waals surface area contributed by atoms with Crippen LogP contribution in [0.25, 0.3) is 0 Å². The van der Waals surface area contributed by atoms with Crippen molar-refractivity contribution in [1.29, 1.82) is 0 Å². The molecule has 0 aliphatic rings. The third kappa shape index (κ3) is 4.69. The van der Waals surface area contributed by atoms with Gasteiger partial charge in [-0.15, -0.1) is 0 Å². The Labute approximate surface area is 81.2 Å². The highest BCUT2D eigenvalue weighted by Crippen LogP contribution is 2.03. The molecule has 0 spiro atoms. The van der Waals surface area contributed by atoms with Crippen molar-refractivity contribution in [3.63, 3.8) is 0 Å². The Kier molecular flexibility index (Phi) is 5.27. The van der Waals surface area contributed by atoms with Gasteiger partial charge >= 0.3 is 0 Å². The smallest absolute Gasteiger partial charge is 0.00489 e. The molecule has 0 fully saturated rings. The standard InChI is InChI=1S/C12H19N/c1-2-13-11-7-6-10-12-8-4-3-5-9-12/h3-5,8-9,13H,2,6-7,10-11H2,1H3. The molecule has 0 aliphatic heterocycles. The van der Waals surface area contributed by atoms with Gasteiger partial charge in [-0.25, -0.2) is 0 Å². The Balaban J connectivity index is 2.07. The number of rotatable bonds is 6. The Morgan fingerprint density at radius 3 is 2.54 bits per heavy atom. The van der Waals surface area contributed by atoms with Gasteiger partial charge in [0.2, 0.25) is 0 Å². The van der Waals surface area contributed by atoms with Crippen LogP contribution in [0, 0.1) is 0 Å². The first kappa shape index (κ1) is 10.3. The second-order valence-electron chi connectivity index (χ2n) is 3.30. The van der Waals surface area contributed by atoms with E-state index in [1.165, 1.54) is 24.8 Å². The summed E-state index contributed by atoms with van der Waals surface area (Å²) in [6.07, 6.45) is 3.78. The van der Waals surface area contributed by atoms with Crippen LogP contribution in [0.5, 0.6) is 0 Å². The molecule has 0 aliphatic carbocycles. The van der Waals surface area contributed by atoms with Crippen LogP contribution in [0.3, 0.4) is 0 Å². The molecule has 1 nitrogen and oxygen atoms in total. The van der Waals surface area contributed by atoms with Gasteiger partial charge < -0.3 is 5.32 Å². The maximum Gasteiger partial charge on any atom is -0.00489 e. The second kappa shape index (κ2) is 6.67. The number of nitrogens with one attached hydrogen (secondary N) is 1. The summed E-state index contributed by atoms with van der Waals surface area (Å²) in [5, 5.41) is 3.33. The normalized spacial score (nSPS) is 10.2. The maximum absolute atomic E-state index is 3.33. The highest BCUT2D eigenvalue weighted by molar-refractivity contribution is 5.14. The van der Waals surface area contributed by atoms with E-state index in [2.05, 4.69) is 42.6 Å². The summed E-state index contributed by atoms with van der Waals surface area (Å²) >= 11 is 0. The molecule has 0 radical (unpaired) electrons. The average Bonchev–Trinajstić information content (AvgIpc) is 2.19. The molecule has 1 heteroatoms. The molecule has 72 valence electrons. The number of aryl methyl sites for hydroxylation is 1.